The molecule has 0 saturated carbocycles. The van der Waals surface area contributed by atoms with Crippen molar-refractivity contribution < 1.29 is 4.79 Å². The Morgan fingerprint density at radius 2 is 2.00 bits per heavy atom. The van der Waals surface area contributed by atoms with E-state index >= 15 is 0 Å². The van der Waals surface area contributed by atoms with Gasteiger partial charge >= 0.3 is 29.6 Å². The van der Waals surface area contributed by atoms with E-state index < -0.39 is 0 Å². The molecule has 0 aromatic carbocycles. The minimum absolute atomic E-state index is 0. The molecule has 0 heterocycles. The van der Waals surface area contributed by atoms with Crippen LogP contribution in [0.1, 0.15) is 26.7 Å². The fraction of sp³-hybridized carbons (Fsp3) is 0.833. The van der Waals surface area contributed by atoms with Crippen molar-refractivity contribution in [2.24, 2.45) is 0 Å². The summed E-state index contributed by atoms with van der Waals surface area (Å²) in [6.07, 6.45) is 1.62. The Morgan fingerprint density at radius 1 is 1.44 bits per heavy atom. The molecule has 0 radical (unpaired) electrons. The molecule has 0 aliphatic heterocycles. The van der Waals surface area contributed by atoms with Crippen LogP contribution >= 0.6 is 0 Å². The van der Waals surface area contributed by atoms with Crippen LogP contribution in [0.25, 0.3) is 0 Å². The standard InChI is InChI=1S/C6H13NO.Na.H/c1-3-5-7-6(8)4-2;;/h3-5H2,1-2H3,(H,7,8);;. The van der Waals surface area contributed by atoms with Gasteiger partial charge in [0.05, 0.1) is 0 Å². The van der Waals surface area contributed by atoms with Crippen molar-refractivity contribution in [2.45, 2.75) is 26.7 Å². The minimum atomic E-state index is 0. The quantitative estimate of drug-likeness (QED) is 0.559. The summed E-state index contributed by atoms with van der Waals surface area (Å²) in [5.41, 5.74) is 0. The molecule has 0 aliphatic rings. The van der Waals surface area contributed by atoms with Crippen molar-refractivity contribution in [1.29, 1.82) is 0 Å². The van der Waals surface area contributed by atoms with E-state index in [0.29, 0.717) is 6.42 Å². The van der Waals surface area contributed by atoms with Crippen molar-refractivity contribution in [1.82, 2.24) is 5.32 Å². The molecule has 0 aliphatic carbocycles. The molecule has 1 N–H and O–H groups in total. The molecule has 0 saturated heterocycles. The van der Waals surface area contributed by atoms with Gasteiger partial charge in [-0.1, -0.05) is 13.8 Å². The topological polar surface area (TPSA) is 29.1 Å². The van der Waals surface area contributed by atoms with Crippen molar-refractivity contribution in [3.05, 3.63) is 0 Å². The summed E-state index contributed by atoms with van der Waals surface area (Å²) in [5, 5.41) is 2.74. The third-order valence-electron chi connectivity index (χ3n) is 0.893. The van der Waals surface area contributed by atoms with Crippen molar-refractivity contribution in [2.75, 3.05) is 6.54 Å². The van der Waals surface area contributed by atoms with E-state index in [1.54, 1.807) is 0 Å². The zero-order chi connectivity index (χ0) is 6.41. The van der Waals surface area contributed by atoms with Gasteiger partial charge in [0, 0.05) is 13.0 Å². The van der Waals surface area contributed by atoms with Crippen molar-refractivity contribution in [3.63, 3.8) is 0 Å². The SMILES string of the molecule is CCCNC(=O)CC.[NaH]. The summed E-state index contributed by atoms with van der Waals surface area (Å²) in [7, 11) is 0. The van der Waals surface area contributed by atoms with Gasteiger partial charge in [-0.3, -0.25) is 4.79 Å². The first kappa shape index (κ1) is 12.2. The van der Waals surface area contributed by atoms with E-state index in [1.807, 2.05) is 13.8 Å². The van der Waals surface area contributed by atoms with E-state index in [-0.39, 0.29) is 35.5 Å². The first-order chi connectivity index (χ1) is 3.81. The first-order valence-corrected chi connectivity index (χ1v) is 3.08. The summed E-state index contributed by atoms with van der Waals surface area (Å²) in [5.74, 6) is 0.145. The number of nitrogens with one attached hydrogen (secondary N) is 1. The van der Waals surface area contributed by atoms with Crippen molar-refractivity contribution >= 4 is 35.5 Å². The molecule has 0 rings (SSSR count). The van der Waals surface area contributed by atoms with E-state index in [2.05, 4.69) is 5.32 Å². The number of hydrogen-bond acceptors (Lipinski definition) is 1. The molecule has 0 aromatic rings. The molecule has 2 nitrogen and oxygen atoms in total. The Balaban J connectivity index is 0. The van der Waals surface area contributed by atoms with Gasteiger partial charge in [0.2, 0.25) is 5.91 Å². The Bertz CT molecular complexity index is 75.5. The second-order valence-electron chi connectivity index (χ2n) is 1.70. The van der Waals surface area contributed by atoms with Gasteiger partial charge < -0.3 is 5.32 Å². The van der Waals surface area contributed by atoms with Gasteiger partial charge in [-0.2, -0.15) is 0 Å². The molecule has 1 amide bonds. The summed E-state index contributed by atoms with van der Waals surface area (Å²) in [6, 6.07) is 0. The van der Waals surface area contributed by atoms with Gasteiger partial charge in [-0.05, 0) is 6.42 Å². The van der Waals surface area contributed by atoms with Gasteiger partial charge in [0.15, 0.2) is 0 Å². The first-order valence-electron chi connectivity index (χ1n) is 3.08. The molecule has 0 unspecified atom stereocenters. The van der Waals surface area contributed by atoms with E-state index in [9.17, 15) is 4.79 Å². The molecule has 0 bridgehead atoms. The van der Waals surface area contributed by atoms with Crippen LogP contribution in [-0.2, 0) is 4.79 Å². The van der Waals surface area contributed by atoms with Crippen LogP contribution in [0.3, 0.4) is 0 Å². The summed E-state index contributed by atoms with van der Waals surface area (Å²) < 4.78 is 0. The fourth-order valence-corrected chi connectivity index (χ4v) is 0.389. The summed E-state index contributed by atoms with van der Waals surface area (Å²) in [6.45, 7) is 4.70. The van der Waals surface area contributed by atoms with E-state index in [0.717, 1.165) is 13.0 Å². The average Bonchev–Trinajstić information content (AvgIpc) is 1.83. The Morgan fingerprint density at radius 3 is 2.33 bits per heavy atom. The molecule has 0 aromatic heterocycles. The van der Waals surface area contributed by atoms with Crippen LogP contribution in [0, 0.1) is 0 Å². The second-order valence-corrected chi connectivity index (χ2v) is 1.70. The van der Waals surface area contributed by atoms with Gasteiger partial charge in [-0.25, -0.2) is 0 Å². The third kappa shape index (κ3) is 8.47. The number of carbonyl (C=O) groups excluding carboxylic acids is 1. The van der Waals surface area contributed by atoms with Crippen LogP contribution < -0.4 is 5.32 Å². The Hall–Kier alpha value is 0.470. The van der Waals surface area contributed by atoms with Gasteiger partial charge in [0.25, 0.3) is 0 Å². The molecule has 50 valence electrons. The molecule has 0 atom stereocenters. The third-order valence-corrected chi connectivity index (χ3v) is 0.893. The van der Waals surface area contributed by atoms with Crippen LogP contribution in [0.5, 0.6) is 0 Å². The Kier molecular flexibility index (Phi) is 11.5. The monoisotopic (exact) mass is 139 g/mol. The molecular formula is C6H14NNaO. The van der Waals surface area contributed by atoms with Crippen LogP contribution in [-0.4, -0.2) is 42.0 Å². The van der Waals surface area contributed by atoms with E-state index in [1.165, 1.54) is 0 Å². The second kappa shape index (κ2) is 8.47. The van der Waals surface area contributed by atoms with Crippen molar-refractivity contribution in [3.8, 4) is 0 Å². The number of rotatable bonds is 3. The molecule has 0 spiro atoms. The average molecular weight is 139 g/mol. The molecule has 0 fully saturated rings. The van der Waals surface area contributed by atoms with Gasteiger partial charge in [0.1, 0.15) is 0 Å². The normalized spacial score (nSPS) is 7.78. The predicted molar refractivity (Wildman–Crippen MR) is 40.7 cm³/mol. The van der Waals surface area contributed by atoms with Crippen LogP contribution in [0.4, 0.5) is 0 Å². The molecule has 3 heteroatoms. The Labute approximate surface area is 78.7 Å². The fourth-order valence-electron chi connectivity index (χ4n) is 0.389. The summed E-state index contributed by atoms with van der Waals surface area (Å²) in [4.78, 5) is 10.5. The molecule has 9 heavy (non-hydrogen) atoms. The molecular weight excluding hydrogens is 125 g/mol. The van der Waals surface area contributed by atoms with Crippen LogP contribution in [0.2, 0.25) is 0 Å². The maximum atomic E-state index is 10.5. The zero-order valence-electron chi connectivity index (χ0n) is 5.53. The zero-order valence-corrected chi connectivity index (χ0v) is 5.53. The number of hydrogen-bond donors (Lipinski definition) is 1. The van der Waals surface area contributed by atoms with E-state index in [4.69, 9.17) is 0 Å². The summed E-state index contributed by atoms with van der Waals surface area (Å²) >= 11 is 0. The van der Waals surface area contributed by atoms with Crippen LogP contribution in [0.15, 0.2) is 0 Å². The van der Waals surface area contributed by atoms with Gasteiger partial charge in [-0.15, -0.1) is 0 Å². The number of carbonyl (C=O) groups is 1. The number of amides is 1. The predicted octanol–water partition coefficient (Wildman–Crippen LogP) is 0.274. The maximum absolute atomic E-state index is 10.5.